The molecule has 2 saturated heterocycles. The fourth-order valence-corrected chi connectivity index (χ4v) is 6.67. The molecule has 0 aromatic carbocycles. The number of carboxylic acids is 1. The zero-order chi connectivity index (χ0) is 44.0. The lowest BCUT2D eigenvalue weighted by Crippen LogP contribution is -2.61. The SMILES string of the molecule is [N-]=[N+]=NCCCC[C@H](N)C(=O)N[C@@H](CO[C@H]1O[C@H](CCP(=O)(O)O)[C@@H](O)[C@H](O)[C@@H]1O)C(=O)N[C@@H](CO[C@H]1O[C@H](CCP(=O)(O)O)[C@@H](O)[C@H](O)[C@@H]1O)C(=O)NCC(=O)O. The molecule has 0 unspecified atom stereocenters. The van der Waals surface area contributed by atoms with Gasteiger partial charge in [0.1, 0.15) is 55.3 Å². The minimum Gasteiger partial charge on any atom is -0.480 e. The third-order valence-corrected chi connectivity index (χ3v) is 10.4. The molecule has 28 nitrogen and oxygen atoms in total. The van der Waals surface area contributed by atoms with E-state index in [9.17, 15) is 78.5 Å². The van der Waals surface area contributed by atoms with Crippen LogP contribution in [0.1, 0.15) is 32.1 Å². The molecule has 3 amide bonds. The summed E-state index contributed by atoms with van der Waals surface area (Å²) in [6.45, 7) is -2.85. The van der Waals surface area contributed by atoms with E-state index in [4.69, 9.17) is 35.3 Å². The number of nitrogens with one attached hydrogen (secondary N) is 3. The molecule has 2 fully saturated rings. The van der Waals surface area contributed by atoms with E-state index in [1.165, 1.54) is 0 Å². The average molecular weight is 884 g/mol. The number of hydrogen-bond acceptors (Lipinski definition) is 18. The number of nitrogens with two attached hydrogens (primary N) is 1. The van der Waals surface area contributed by atoms with Crippen LogP contribution in [-0.2, 0) is 47.3 Å². The second kappa shape index (κ2) is 23.7. The Kier molecular flexibility index (Phi) is 21.0. The number of carbonyl (C=O) groups is 4. The van der Waals surface area contributed by atoms with Crippen molar-refractivity contribution in [2.45, 2.75) is 112 Å². The summed E-state index contributed by atoms with van der Waals surface area (Å²) in [5.74, 6) is -5.03. The highest BCUT2D eigenvalue weighted by molar-refractivity contribution is 7.52. The van der Waals surface area contributed by atoms with Crippen LogP contribution in [0, 0.1) is 0 Å². The van der Waals surface area contributed by atoms with E-state index in [0.717, 1.165) is 0 Å². The number of carboxylic acid groups (broad SMARTS) is 1. The summed E-state index contributed by atoms with van der Waals surface area (Å²) in [4.78, 5) is 90.6. The second-order valence-corrected chi connectivity index (χ2v) is 16.9. The van der Waals surface area contributed by atoms with Crippen LogP contribution in [0.25, 0.3) is 10.4 Å². The van der Waals surface area contributed by atoms with Crippen molar-refractivity contribution in [2.24, 2.45) is 10.8 Å². The summed E-state index contributed by atoms with van der Waals surface area (Å²) in [6.07, 6.45) is -20.6. The highest BCUT2D eigenvalue weighted by atomic mass is 31.2. The minimum absolute atomic E-state index is 0.00519. The van der Waals surface area contributed by atoms with Gasteiger partial charge in [-0.05, 0) is 31.2 Å². The van der Waals surface area contributed by atoms with Crippen LogP contribution in [-0.4, -0.2) is 197 Å². The molecule has 0 spiro atoms. The maximum Gasteiger partial charge on any atom is 0.325 e. The summed E-state index contributed by atoms with van der Waals surface area (Å²) in [5, 5.41) is 81.1. The van der Waals surface area contributed by atoms with E-state index in [2.05, 4.69) is 20.7 Å². The first-order valence-corrected chi connectivity index (χ1v) is 21.1. The van der Waals surface area contributed by atoms with Gasteiger partial charge in [0.15, 0.2) is 12.6 Å². The molecule has 0 aromatic heterocycles. The van der Waals surface area contributed by atoms with Gasteiger partial charge >= 0.3 is 21.2 Å². The Labute approximate surface area is 328 Å². The Morgan fingerprint density at radius 2 is 1.17 bits per heavy atom. The van der Waals surface area contributed by atoms with E-state index in [0.29, 0.717) is 6.42 Å². The maximum atomic E-state index is 13.7. The number of aliphatic carboxylic acids is 1. The van der Waals surface area contributed by atoms with Crippen LogP contribution in [0.5, 0.6) is 0 Å². The van der Waals surface area contributed by atoms with E-state index in [1.807, 2.05) is 5.32 Å². The molecule has 2 heterocycles. The first-order valence-electron chi connectivity index (χ1n) is 17.5. The summed E-state index contributed by atoms with van der Waals surface area (Å²) in [7, 11) is -9.25. The van der Waals surface area contributed by atoms with Gasteiger partial charge in [-0.25, -0.2) is 0 Å². The van der Waals surface area contributed by atoms with Crippen molar-refractivity contribution in [1.82, 2.24) is 16.0 Å². The average Bonchev–Trinajstić information content (AvgIpc) is 3.14. The van der Waals surface area contributed by atoms with Gasteiger partial charge in [-0.2, -0.15) is 0 Å². The number of nitrogens with zero attached hydrogens (tertiary/aromatic N) is 3. The topological polar surface area (TPSA) is 473 Å². The number of aliphatic hydroxyl groups excluding tert-OH is 6. The Morgan fingerprint density at radius 1 is 0.724 bits per heavy atom. The first-order chi connectivity index (χ1) is 26.9. The Balaban J connectivity index is 2.33. The summed E-state index contributed by atoms with van der Waals surface area (Å²) in [5.41, 5.74) is 14.4. The molecule has 334 valence electrons. The number of azide groups is 1. The fourth-order valence-electron chi connectivity index (χ4n) is 5.48. The molecular weight excluding hydrogens is 832 g/mol. The van der Waals surface area contributed by atoms with Crippen molar-refractivity contribution in [2.75, 3.05) is 38.6 Å². The highest BCUT2D eigenvalue weighted by Gasteiger charge is 2.47. The lowest BCUT2D eigenvalue weighted by atomic mass is 9.97. The predicted molar refractivity (Wildman–Crippen MR) is 189 cm³/mol. The second-order valence-electron chi connectivity index (χ2n) is 13.3. The molecule has 30 heteroatoms. The molecule has 58 heavy (non-hydrogen) atoms. The van der Waals surface area contributed by atoms with Gasteiger partial charge in [-0.1, -0.05) is 11.5 Å². The van der Waals surface area contributed by atoms with Gasteiger partial charge in [-0.15, -0.1) is 0 Å². The minimum atomic E-state index is -4.63. The number of unbranched alkanes of at least 4 members (excludes halogenated alkanes) is 1. The van der Waals surface area contributed by atoms with Crippen molar-refractivity contribution < 1.29 is 103 Å². The maximum absolute atomic E-state index is 13.7. The molecule has 0 aliphatic carbocycles. The molecular formula is C28H51N7O21P2. The standard InChI is InChI=1S/C28H51N7O21P2/c29-12(3-1-2-6-32-35-30)24(44)33-14(11-54-28-23(43)21(41)19(39)16(56-28)5-8-58(50,51)52)26(46)34-13(25(45)31-9-17(36)37)10-53-27-22(42)20(40)18(38)15(55-27)4-7-57(47,48)49/h12-16,18-23,27-28,38-43H,1-11,29H2,(H,31,45)(H,33,44)(H,34,46)(H,36,37)(H2,47,48,49)(H2,50,51,52)/t12-,13-,14-,15+,16+,18+,19+,20-,21-,22-,23-,27-,28-/m0/s1. The lowest BCUT2D eigenvalue weighted by Gasteiger charge is -2.41. The monoisotopic (exact) mass is 883 g/mol. The summed E-state index contributed by atoms with van der Waals surface area (Å²) >= 11 is 0. The largest absolute Gasteiger partial charge is 0.480 e. The van der Waals surface area contributed by atoms with Crippen LogP contribution in [0.3, 0.4) is 0 Å². The van der Waals surface area contributed by atoms with Gasteiger partial charge in [0, 0.05) is 11.5 Å². The van der Waals surface area contributed by atoms with Crippen LogP contribution >= 0.6 is 15.2 Å². The van der Waals surface area contributed by atoms with Crippen molar-refractivity contribution in [1.29, 1.82) is 0 Å². The predicted octanol–water partition coefficient (Wildman–Crippen LogP) is -6.25. The van der Waals surface area contributed by atoms with Crippen molar-refractivity contribution >= 4 is 38.9 Å². The van der Waals surface area contributed by atoms with Crippen LogP contribution in [0.4, 0.5) is 0 Å². The molecule has 0 radical (unpaired) electrons. The van der Waals surface area contributed by atoms with E-state index >= 15 is 0 Å². The number of carbonyl (C=O) groups excluding carboxylic acids is 3. The Hall–Kier alpha value is -2.95. The van der Waals surface area contributed by atoms with Gasteiger partial charge in [0.05, 0.1) is 43.8 Å². The van der Waals surface area contributed by atoms with Crippen LogP contribution in [0.2, 0.25) is 0 Å². The molecule has 0 bridgehead atoms. The van der Waals surface area contributed by atoms with Gasteiger partial charge < -0.3 is 96.0 Å². The fraction of sp³-hybridized carbons (Fsp3) is 0.857. The molecule has 16 N–H and O–H groups in total. The highest BCUT2D eigenvalue weighted by Crippen LogP contribution is 2.38. The first kappa shape index (κ1) is 51.2. The zero-order valence-electron chi connectivity index (χ0n) is 30.6. The smallest absolute Gasteiger partial charge is 0.325 e. The molecule has 2 rings (SSSR count). The molecule has 0 saturated carbocycles. The Morgan fingerprint density at radius 3 is 1.60 bits per heavy atom. The molecule has 2 aliphatic rings. The summed E-state index contributed by atoms with van der Waals surface area (Å²) in [6, 6.07) is -5.09. The van der Waals surface area contributed by atoms with Crippen molar-refractivity contribution in [3.05, 3.63) is 10.4 Å². The number of amides is 3. The molecule has 2 aliphatic heterocycles. The normalized spacial score (nSPS) is 29.3. The van der Waals surface area contributed by atoms with Crippen LogP contribution in [0.15, 0.2) is 5.11 Å². The third-order valence-electron chi connectivity index (χ3n) is 8.70. The zero-order valence-corrected chi connectivity index (χ0v) is 32.4. The number of ether oxygens (including phenoxy) is 4. The Bertz CT molecular complexity index is 1520. The van der Waals surface area contributed by atoms with Gasteiger partial charge in [-0.3, -0.25) is 28.3 Å². The lowest BCUT2D eigenvalue weighted by molar-refractivity contribution is -0.298. The number of hydrogen-bond donors (Lipinski definition) is 15. The summed E-state index contributed by atoms with van der Waals surface area (Å²) < 4.78 is 44.4. The van der Waals surface area contributed by atoms with Gasteiger partial charge in [0.25, 0.3) is 0 Å². The van der Waals surface area contributed by atoms with Crippen LogP contribution < -0.4 is 21.7 Å². The molecule has 0 aromatic rings. The van der Waals surface area contributed by atoms with Gasteiger partial charge in [0.2, 0.25) is 17.7 Å². The number of rotatable bonds is 24. The van der Waals surface area contributed by atoms with Crippen molar-refractivity contribution in [3.63, 3.8) is 0 Å². The van der Waals surface area contributed by atoms with E-state index < -0.39 is 163 Å². The quantitative estimate of drug-likeness (QED) is 0.0141. The molecule has 13 atom stereocenters. The van der Waals surface area contributed by atoms with Crippen molar-refractivity contribution in [3.8, 4) is 0 Å². The third kappa shape index (κ3) is 17.3. The van der Waals surface area contributed by atoms with E-state index in [-0.39, 0.29) is 19.4 Å². The number of aliphatic hydroxyl groups is 6. The van der Waals surface area contributed by atoms with E-state index in [1.54, 1.807) is 0 Å².